The normalized spacial score (nSPS) is 21.7. The zero-order valence-electron chi connectivity index (χ0n) is 21.6. The number of hydrogen-bond acceptors (Lipinski definition) is 8. The molecule has 3 aliphatic rings. The Morgan fingerprint density at radius 3 is 2.69 bits per heavy atom. The number of likely N-dealkylation sites (tertiary alicyclic amines) is 1. The Kier molecular flexibility index (Phi) is 5.98. The van der Waals surface area contributed by atoms with E-state index >= 15 is 0 Å². The molecular weight excluding hydrogens is 504 g/mol. The Balaban J connectivity index is 1.28. The number of aromatic nitrogens is 1. The smallest absolute Gasteiger partial charge is 0.322 e. The van der Waals surface area contributed by atoms with Crippen LogP contribution in [0.2, 0.25) is 0 Å². The molecule has 0 bridgehead atoms. The van der Waals surface area contributed by atoms with Crippen molar-refractivity contribution in [3.05, 3.63) is 59.0 Å². The van der Waals surface area contributed by atoms with E-state index in [2.05, 4.69) is 32.9 Å². The molecule has 0 aliphatic carbocycles. The number of methoxy groups -OCH3 is 1. The molecule has 1 atom stereocenters. The Hall–Kier alpha value is -4.45. The molecule has 2 saturated heterocycles. The van der Waals surface area contributed by atoms with Gasteiger partial charge in [0.25, 0.3) is 17.7 Å². The van der Waals surface area contributed by atoms with Crippen LogP contribution in [0.4, 0.5) is 4.79 Å². The highest BCUT2D eigenvalue weighted by Crippen LogP contribution is 2.34. The SMILES string of the molecule is COc1ccc2c(c1)C(=O)N(CC1(c3cc4nc(C(=O)NC5CCN(C)CC5)ccc4o3)NC(=O)NC1=O)C2. The molecule has 0 spiro atoms. The van der Waals surface area contributed by atoms with Crippen LogP contribution in [0.3, 0.4) is 0 Å². The number of furan rings is 1. The first-order valence-corrected chi connectivity index (χ1v) is 12.8. The molecule has 3 N–H and O–H groups in total. The molecule has 3 aromatic rings. The fourth-order valence-electron chi connectivity index (χ4n) is 5.41. The predicted octanol–water partition coefficient (Wildman–Crippen LogP) is 1.35. The molecule has 2 aromatic heterocycles. The summed E-state index contributed by atoms with van der Waals surface area (Å²) in [4.78, 5) is 59.7. The van der Waals surface area contributed by atoms with Gasteiger partial charge in [-0.25, -0.2) is 9.78 Å². The first-order chi connectivity index (χ1) is 18.8. The molecule has 6 rings (SSSR count). The number of nitrogens with zero attached hydrogens (tertiary/aromatic N) is 3. The van der Waals surface area contributed by atoms with Crippen LogP contribution in [0.1, 0.15) is 45.0 Å². The van der Waals surface area contributed by atoms with Crippen LogP contribution in [-0.4, -0.2) is 78.4 Å². The first kappa shape index (κ1) is 24.9. The van der Waals surface area contributed by atoms with Crippen LogP contribution in [0.15, 0.2) is 40.8 Å². The minimum Gasteiger partial charge on any atom is -0.497 e. The number of piperidine rings is 1. The number of ether oxygens (including phenoxy) is 1. The maximum atomic E-state index is 13.2. The highest BCUT2D eigenvalue weighted by Gasteiger charge is 2.53. The van der Waals surface area contributed by atoms with Gasteiger partial charge in [-0.1, -0.05) is 6.07 Å². The molecular formula is C27H28N6O6. The van der Waals surface area contributed by atoms with Crippen molar-refractivity contribution in [1.82, 2.24) is 30.7 Å². The van der Waals surface area contributed by atoms with Crippen molar-refractivity contribution in [3.8, 4) is 5.75 Å². The monoisotopic (exact) mass is 532 g/mol. The summed E-state index contributed by atoms with van der Waals surface area (Å²) in [6.07, 6.45) is 1.73. The minimum absolute atomic E-state index is 0.0777. The van der Waals surface area contributed by atoms with Gasteiger partial charge in [0.1, 0.15) is 22.7 Å². The Bertz CT molecular complexity index is 1510. The summed E-state index contributed by atoms with van der Waals surface area (Å²) in [5.74, 6) is -0.564. The van der Waals surface area contributed by atoms with Gasteiger partial charge in [-0.05, 0) is 62.8 Å². The van der Waals surface area contributed by atoms with E-state index in [4.69, 9.17) is 9.15 Å². The molecule has 0 saturated carbocycles. The van der Waals surface area contributed by atoms with E-state index in [1.807, 2.05) is 0 Å². The van der Waals surface area contributed by atoms with Gasteiger partial charge in [0.05, 0.1) is 13.7 Å². The average Bonchev–Trinajstić information content (AvgIpc) is 3.58. The van der Waals surface area contributed by atoms with Gasteiger partial charge in [-0.15, -0.1) is 0 Å². The van der Waals surface area contributed by atoms with Gasteiger partial charge in [0.15, 0.2) is 11.1 Å². The van der Waals surface area contributed by atoms with Gasteiger partial charge >= 0.3 is 6.03 Å². The summed E-state index contributed by atoms with van der Waals surface area (Å²) >= 11 is 0. The molecule has 0 radical (unpaired) electrons. The molecule has 1 unspecified atom stereocenters. The van der Waals surface area contributed by atoms with E-state index in [-0.39, 0.29) is 42.4 Å². The van der Waals surface area contributed by atoms with E-state index in [9.17, 15) is 19.2 Å². The van der Waals surface area contributed by atoms with Crippen LogP contribution < -0.4 is 20.7 Å². The van der Waals surface area contributed by atoms with Gasteiger partial charge in [0.2, 0.25) is 0 Å². The number of carbonyl (C=O) groups is 4. The van der Waals surface area contributed by atoms with E-state index < -0.39 is 17.5 Å². The molecule has 5 heterocycles. The third-order valence-electron chi connectivity index (χ3n) is 7.65. The highest BCUT2D eigenvalue weighted by molar-refractivity contribution is 6.08. The molecule has 12 heteroatoms. The lowest BCUT2D eigenvalue weighted by molar-refractivity contribution is -0.125. The maximum Gasteiger partial charge on any atom is 0.322 e. The first-order valence-electron chi connectivity index (χ1n) is 12.8. The van der Waals surface area contributed by atoms with Crippen LogP contribution >= 0.6 is 0 Å². The Morgan fingerprint density at radius 2 is 1.97 bits per heavy atom. The summed E-state index contributed by atoms with van der Waals surface area (Å²) in [5, 5.41) is 7.97. The standard InChI is InChI=1S/C27H28N6O6/c1-32-9-7-16(8-10-32)28-23(34)19-5-6-21-20(29-19)12-22(39-21)27(25(36)30-26(37)31-27)14-33-13-15-3-4-17(38-2)11-18(15)24(33)35/h3-6,11-12,16H,7-10,13-14H2,1-2H3,(H,28,34)(H2,30,31,36,37). The van der Waals surface area contributed by atoms with Crippen molar-refractivity contribution in [3.63, 3.8) is 0 Å². The van der Waals surface area contributed by atoms with E-state index in [0.717, 1.165) is 31.5 Å². The lowest BCUT2D eigenvalue weighted by atomic mass is 9.95. The second kappa shape index (κ2) is 9.38. The summed E-state index contributed by atoms with van der Waals surface area (Å²) in [7, 11) is 3.57. The third kappa shape index (κ3) is 4.36. The summed E-state index contributed by atoms with van der Waals surface area (Å²) in [6.45, 7) is 1.92. The number of fused-ring (bicyclic) bond motifs is 2. The van der Waals surface area contributed by atoms with Crippen molar-refractivity contribution >= 4 is 34.9 Å². The second-order valence-corrected chi connectivity index (χ2v) is 10.2. The molecule has 202 valence electrons. The number of carbonyl (C=O) groups excluding carboxylic acids is 4. The van der Waals surface area contributed by atoms with Crippen LogP contribution in [0, 0.1) is 0 Å². The second-order valence-electron chi connectivity index (χ2n) is 10.2. The van der Waals surface area contributed by atoms with E-state index in [0.29, 0.717) is 22.4 Å². The number of rotatable bonds is 6. The number of pyridine rings is 1. The van der Waals surface area contributed by atoms with Crippen molar-refractivity contribution in [2.75, 3.05) is 33.8 Å². The topological polar surface area (TPSA) is 146 Å². The van der Waals surface area contributed by atoms with E-state index in [1.165, 1.54) is 18.1 Å². The average molecular weight is 533 g/mol. The molecule has 2 fully saturated rings. The molecule has 1 aromatic carbocycles. The Morgan fingerprint density at radius 1 is 1.18 bits per heavy atom. The van der Waals surface area contributed by atoms with Crippen molar-refractivity contribution in [1.29, 1.82) is 0 Å². The van der Waals surface area contributed by atoms with E-state index in [1.54, 1.807) is 30.3 Å². The van der Waals surface area contributed by atoms with Crippen LogP contribution in [0.5, 0.6) is 5.75 Å². The lowest BCUT2D eigenvalue weighted by Crippen LogP contribution is -2.52. The number of urea groups is 1. The molecule has 39 heavy (non-hydrogen) atoms. The fraction of sp³-hybridized carbons (Fsp3) is 0.370. The number of nitrogens with one attached hydrogen (secondary N) is 3. The van der Waals surface area contributed by atoms with Crippen molar-refractivity contribution < 1.29 is 28.3 Å². The largest absolute Gasteiger partial charge is 0.497 e. The molecule has 3 aliphatic heterocycles. The number of imide groups is 1. The fourth-order valence-corrected chi connectivity index (χ4v) is 5.41. The van der Waals surface area contributed by atoms with Gasteiger partial charge < -0.3 is 29.6 Å². The zero-order chi connectivity index (χ0) is 27.3. The summed E-state index contributed by atoms with van der Waals surface area (Å²) in [5.41, 5.74) is 0.510. The third-order valence-corrected chi connectivity index (χ3v) is 7.65. The quantitative estimate of drug-likeness (QED) is 0.404. The zero-order valence-corrected chi connectivity index (χ0v) is 21.6. The highest BCUT2D eigenvalue weighted by atomic mass is 16.5. The summed E-state index contributed by atoms with van der Waals surface area (Å²) < 4.78 is 11.2. The van der Waals surface area contributed by atoms with Gasteiger partial charge in [0, 0.05) is 24.2 Å². The van der Waals surface area contributed by atoms with Gasteiger partial charge in [-0.2, -0.15) is 0 Å². The minimum atomic E-state index is -1.67. The Labute approximate surface area is 223 Å². The summed E-state index contributed by atoms with van der Waals surface area (Å²) in [6, 6.07) is 9.31. The van der Waals surface area contributed by atoms with Gasteiger partial charge in [-0.3, -0.25) is 19.7 Å². The molecule has 12 nitrogen and oxygen atoms in total. The number of amides is 5. The lowest BCUT2D eigenvalue weighted by Gasteiger charge is -2.29. The number of hydrogen-bond donors (Lipinski definition) is 3. The molecule has 5 amide bonds. The maximum absolute atomic E-state index is 13.2. The van der Waals surface area contributed by atoms with Crippen molar-refractivity contribution in [2.24, 2.45) is 0 Å². The number of benzene rings is 1. The predicted molar refractivity (Wildman–Crippen MR) is 138 cm³/mol. The van der Waals surface area contributed by atoms with Crippen molar-refractivity contribution in [2.45, 2.75) is 31.0 Å². The van der Waals surface area contributed by atoms with Crippen LogP contribution in [0.25, 0.3) is 11.1 Å². The van der Waals surface area contributed by atoms with Crippen LogP contribution in [-0.2, 0) is 16.9 Å².